The lowest BCUT2D eigenvalue weighted by atomic mass is 9.79. The largest absolute Gasteiger partial charge is 0.374 e. The summed E-state index contributed by atoms with van der Waals surface area (Å²) in [6, 6.07) is 9.51. The van der Waals surface area contributed by atoms with E-state index in [1.165, 1.54) is 41.9 Å². The van der Waals surface area contributed by atoms with Crippen molar-refractivity contribution >= 4 is 11.8 Å². The Morgan fingerprint density at radius 1 is 1.48 bits per heavy atom. The van der Waals surface area contributed by atoms with E-state index in [1.54, 1.807) is 0 Å². The second-order valence-corrected chi connectivity index (χ2v) is 7.78. The maximum absolute atomic E-state index is 6.17. The molecular formula is C18H27NOS. The molecule has 2 nitrogen and oxygen atoms in total. The van der Waals surface area contributed by atoms with Crippen LogP contribution in [-0.4, -0.2) is 36.8 Å². The number of benzene rings is 1. The number of aryl methyl sites for hydroxylation is 1. The molecule has 1 aromatic rings. The molecule has 3 heteroatoms. The first kappa shape index (κ1) is 15.4. The maximum atomic E-state index is 6.17. The lowest BCUT2D eigenvalue weighted by Crippen LogP contribution is -2.47. The number of ether oxygens (including phenoxy) is 1. The number of hydrogen-bond acceptors (Lipinski definition) is 3. The van der Waals surface area contributed by atoms with Gasteiger partial charge in [-0.2, -0.15) is 11.8 Å². The Balaban J connectivity index is 1.67. The van der Waals surface area contributed by atoms with Crippen molar-refractivity contribution in [1.82, 2.24) is 5.32 Å². The van der Waals surface area contributed by atoms with Crippen LogP contribution in [0, 0.1) is 12.8 Å². The molecule has 21 heavy (non-hydrogen) atoms. The Morgan fingerprint density at radius 2 is 2.38 bits per heavy atom. The third-order valence-corrected chi connectivity index (χ3v) is 6.30. The van der Waals surface area contributed by atoms with Gasteiger partial charge in [-0.3, -0.25) is 0 Å². The van der Waals surface area contributed by atoms with Crippen molar-refractivity contribution in [2.45, 2.75) is 44.2 Å². The molecule has 0 saturated carbocycles. The van der Waals surface area contributed by atoms with Crippen LogP contribution in [0.5, 0.6) is 0 Å². The minimum atomic E-state index is 0.190. The fourth-order valence-electron chi connectivity index (χ4n) is 3.87. The summed E-state index contributed by atoms with van der Waals surface area (Å²) in [7, 11) is 2.12. The molecule has 0 amide bonds. The Kier molecular flexibility index (Phi) is 4.92. The van der Waals surface area contributed by atoms with Crippen molar-refractivity contribution in [2.24, 2.45) is 5.92 Å². The fourth-order valence-corrected chi connectivity index (χ4v) is 5.25. The molecule has 2 aliphatic heterocycles. The first-order chi connectivity index (χ1) is 10.2. The van der Waals surface area contributed by atoms with Crippen molar-refractivity contribution in [3.63, 3.8) is 0 Å². The normalized spacial score (nSPS) is 30.7. The highest BCUT2D eigenvalue weighted by Crippen LogP contribution is 2.41. The monoisotopic (exact) mass is 305 g/mol. The van der Waals surface area contributed by atoms with Gasteiger partial charge in [0, 0.05) is 18.4 Å². The fraction of sp³-hybridized carbons (Fsp3) is 0.667. The standard InChI is InChI=1S/C18H27NOS/c1-14-4-3-5-15(10-14)11-17(19-2)16-6-8-20-18(12-16)7-9-21-13-18/h3-5,10,16-17,19H,6-9,11-13H2,1-2H3. The van der Waals surface area contributed by atoms with Gasteiger partial charge in [-0.15, -0.1) is 0 Å². The lowest BCUT2D eigenvalue weighted by molar-refractivity contribution is -0.0847. The third kappa shape index (κ3) is 3.64. The Bertz CT molecular complexity index is 470. The van der Waals surface area contributed by atoms with E-state index >= 15 is 0 Å². The first-order valence-corrected chi connectivity index (χ1v) is 9.31. The van der Waals surface area contributed by atoms with E-state index in [-0.39, 0.29) is 5.60 Å². The van der Waals surface area contributed by atoms with Crippen LogP contribution in [0.4, 0.5) is 0 Å². The highest BCUT2D eigenvalue weighted by molar-refractivity contribution is 7.99. The zero-order valence-electron chi connectivity index (χ0n) is 13.2. The van der Waals surface area contributed by atoms with Gasteiger partial charge in [0.2, 0.25) is 0 Å². The first-order valence-electron chi connectivity index (χ1n) is 8.15. The molecule has 0 aromatic heterocycles. The molecule has 1 spiro atoms. The third-order valence-electron chi connectivity index (χ3n) is 5.08. The number of hydrogen-bond donors (Lipinski definition) is 1. The predicted octanol–water partition coefficient (Wildman–Crippen LogP) is 3.43. The smallest absolute Gasteiger partial charge is 0.0783 e. The van der Waals surface area contributed by atoms with Crippen molar-refractivity contribution in [2.75, 3.05) is 25.2 Å². The van der Waals surface area contributed by atoms with Crippen molar-refractivity contribution in [1.29, 1.82) is 0 Å². The molecule has 116 valence electrons. The van der Waals surface area contributed by atoms with Gasteiger partial charge in [-0.1, -0.05) is 29.8 Å². The van der Waals surface area contributed by atoms with E-state index in [0.29, 0.717) is 6.04 Å². The van der Waals surface area contributed by atoms with Gasteiger partial charge >= 0.3 is 0 Å². The number of rotatable bonds is 4. The van der Waals surface area contributed by atoms with Gasteiger partial charge in [-0.05, 0) is 56.9 Å². The molecule has 2 saturated heterocycles. The number of nitrogens with one attached hydrogen (secondary N) is 1. The van der Waals surface area contributed by atoms with Crippen LogP contribution in [0.25, 0.3) is 0 Å². The van der Waals surface area contributed by atoms with Gasteiger partial charge in [0.05, 0.1) is 5.60 Å². The molecule has 2 fully saturated rings. The van der Waals surface area contributed by atoms with E-state index in [9.17, 15) is 0 Å². The van der Waals surface area contributed by atoms with Crippen LogP contribution in [0.15, 0.2) is 24.3 Å². The van der Waals surface area contributed by atoms with Crippen molar-refractivity contribution in [3.8, 4) is 0 Å². The number of thioether (sulfide) groups is 1. The zero-order chi connectivity index (χ0) is 14.7. The molecular weight excluding hydrogens is 278 g/mol. The molecule has 0 bridgehead atoms. The summed E-state index contributed by atoms with van der Waals surface area (Å²) in [6.07, 6.45) is 4.81. The average Bonchev–Trinajstić information content (AvgIpc) is 2.92. The molecule has 3 rings (SSSR count). The topological polar surface area (TPSA) is 21.3 Å². The van der Waals surface area contributed by atoms with Gasteiger partial charge in [0.1, 0.15) is 0 Å². The van der Waals surface area contributed by atoms with E-state index in [2.05, 4.69) is 55.3 Å². The molecule has 2 heterocycles. The highest BCUT2D eigenvalue weighted by atomic mass is 32.2. The SMILES string of the molecule is CNC(Cc1cccc(C)c1)C1CCOC2(CCSC2)C1. The molecule has 3 unspecified atom stereocenters. The van der Waals surface area contributed by atoms with Gasteiger partial charge < -0.3 is 10.1 Å². The Hall–Kier alpha value is -0.510. The predicted molar refractivity (Wildman–Crippen MR) is 91.1 cm³/mol. The molecule has 2 aliphatic rings. The second kappa shape index (κ2) is 6.72. The second-order valence-electron chi connectivity index (χ2n) is 6.68. The van der Waals surface area contributed by atoms with Crippen LogP contribution < -0.4 is 5.32 Å². The lowest BCUT2D eigenvalue weighted by Gasteiger charge is -2.41. The minimum Gasteiger partial charge on any atom is -0.374 e. The van der Waals surface area contributed by atoms with Crippen LogP contribution in [0.2, 0.25) is 0 Å². The Morgan fingerprint density at radius 3 is 3.10 bits per heavy atom. The number of likely N-dealkylation sites (N-methyl/N-ethyl adjacent to an activating group) is 1. The molecule has 0 radical (unpaired) electrons. The molecule has 3 atom stereocenters. The van der Waals surface area contributed by atoms with E-state index < -0.39 is 0 Å². The van der Waals surface area contributed by atoms with Gasteiger partial charge in [-0.25, -0.2) is 0 Å². The molecule has 0 aliphatic carbocycles. The maximum Gasteiger partial charge on any atom is 0.0783 e. The summed E-state index contributed by atoms with van der Waals surface area (Å²) in [6.45, 7) is 3.12. The van der Waals surface area contributed by atoms with Crippen molar-refractivity contribution in [3.05, 3.63) is 35.4 Å². The summed E-state index contributed by atoms with van der Waals surface area (Å²) in [5.41, 5.74) is 3.00. The quantitative estimate of drug-likeness (QED) is 0.921. The zero-order valence-corrected chi connectivity index (χ0v) is 14.0. The summed E-state index contributed by atoms with van der Waals surface area (Å²) >= 11 is 2.06. The average molecular weight is 305 g/mol. The minimum absolute atomic E-state index is 0.190. The summed E-state index contributed by atoms with van der Waals surface area (Å²) in [4.78, 5) is 0. The van der Waals surface area contributed by atoms with Crippen LogP contribution in [-0.2, 0) is 11.2 Å². The molecule has 1 N–H and O–H groups in total. The van der Waals surface area contributed by atoms with Gasteiger partial charge in [0.25, 0.3) is 0 Å². The molecule has 1 aromatic carbocycles. The van der Waals surface area contributed by atoms with Crippen LogP contribution >= 0.6 is 11.8 Å². The van der Waals surface area contributed by atoms with E-state index in [0.717, 1.165) is 18.9 Å². The van der Waals surface area contributed by atoms with Gasteiger partial charge in [0.15, 0.2) is 0 Å². The van der Waals surface area contributed by atoms with Crippen LogP contribution in [0.1, 0.15) is 30.4 Å². The van der Waals surface area contributed by atoms with E-state index in [1.807, 2.05) is 0 Å². The summed E-state index contributed by atoms with van der Waals surface area (Å²) in [5.74, 6) is 3.21. The summed E-state index contributed by atoms with van der Waals surface area (Å²) in [5, 5.41) is 3.58. The Labute approximate surface area is 133 Å². The highest BCUT2D eigenvalue weighted by Gasteiger charge is 2.42. The van der Waals surface area contributed by atoms with E-state index in [4.69, 9.17) is 4.74 Å². The van der Waals surface area contributed by atoms with Crippen LogP contribution in [0.3, 0.4) is 0 Å². The van der Waals surface area contributed by atoms with Crippen molar-refractivity contribution < 1.29 is 4.74 Å². The summed E-state index contributed by atoms with van der Waals surface area (Å²) < 4.78 is 6.17.